The number of hydrogen-bond acceptors (Lipinski definition) is 5. The van der Waals surface area contributed by atoms with Gasteiger partial charge in [0.05, 0.1) is 30.2 Å². The SMILES string of the molecule is COC(=O)c1ccc(N)c(NCC2CCO2)c1. The average molecular weight is 236 g/mol. The second-order valence-electron chi connectivity index (χ2n) is 3.96. The molecule has 3 N–H and O–H groups in total. The Hall–Kier alpha value is -1.75. The van der Waals surface area contributed by atoms with Crippen LogP contribution in [0, 0.1) is 0 Å². The van der Waals surface area contributed by atoms with Crippen LogP contribution >= 0.6 is 0 Å². The highest BCUT2D eigenvalue weighted by molar-refractivity contribution is 5.91. The van der Waals surface area contributed by atoms with Gasteiger partial charge in [-0.1, -0.05) is 0 Å². The molecule has 1 atom stereocenters. The van der Waals surface area contributed by atoms with Crippen LogP contribution in [0.15, 0.2) is 18.2 Å². The Morgan fingerprint density at radius 3 is 3.00 bits per heavy atom. The number of ether oxygens (including phenoxy) is 2. The van der Waals surface area contributed by atoms with Crippen LogP contribution < -0.4 is 11.1 Å². The minimum absolute atomic E-state index is 0.246. The summed E-state index contributed by atoms with van der Waals surface area (Å²) in [5, 5.41) is 3.18. The van der Waals surface area contributed by atoms with Crippen molar-refractivity contribution in [1.29, 1.82) is 0 Å². The van der Waals surface area contributed by atoms with E-state index in [0.717, 1.165) is 18.7 Å². The number of esters is 1. The van der Waals surface area contributed by atoms with Crippen LogP contribution in [0.1, 0.15) is 16.8 Å². The zero-order chi connectivity index (χ0) is 12.3. The average Bonchev–Trinajstić information content (AvgIpc) is 2.28. The van der Waals surface area contributed by atoms with E-state index in [-0.39, 0.29) is 12.1 Å². The summed E-state index contributed by atoms with van der Waals surface area (Å²) in [6.45, 7) is 1.53. The largest absolute Gasteiger partial charge is 0.465 e. The van der Waals surface area contributed by atoms with Gasteiger partial charge in [-0.25, -0.2) is 4.79 Å². The standard InChI is InChI=1S/C12H16N2O3/c1-16-12(15)8-2-3-10(13)11(6-8)14-7-9-4-5-17-9/h2-3,6,9,14H,4-5,7,13H2,1H3. The molecule has 17 heavy (non-hydrogen) atoms. The number of hydrogen-bond donors (Lipinski definition) is 2. The van der Waals surface area contributed by atoms with Crippen LogP contribution in [0.2, 0.25) is 0 Å². The molecule has 1 fully saturated rings. The first-order valence-corrected chi connectivity index (χ1v) is 5.54. The van der Waals surface area contributed by atoms with Crippen molar-refractivity contribution in [2.75, 3.05) is 31.3 Å². The van der Waals surface area contributed by atoms with Crippen molar-refractivity contribution in [3.8, 4) is 0 Å². The zero-order valence-electron chi connectivity index (χ0n) is 9.73. The van der Waals surface area contributed by atoms with E-state index < -0.39 is 0 Å². The molecular weight excluding hydrogens is 220 g/mol. The number of carbonyl (C=O) groups is 1. The molecule has 5 heteroatoms. The monoisotopic (exact) mass is 236 g/mol. The molecule has 92 valence electrons. The number of nitrogen functional groups attached to an aromatic ring is 1. The molecule has 0 spiro atoms. The van der Waals surface area contributed by atoms with Gasteiger partial charge in [-0.15, -0.1) is 0 Å². The topological polar surface area (TPSA) is 73.6 Å². The Balaban J connectivity index is 2.05. The van der Waals surface area contributed by atoms with E-state index in [1.54, 1.807) is 18.2 Å². The van der Waals surface area contributed by atoms with Crippen molar-refractivity contribution in [3.63, 3.8) is 0 Å². The fourth-order valence-electron chi connectivity index (χ4n) is 1.62. The summed E-state index contributed by atoms with van der Waals surface area (Å²) >= 11 is 0. The van der Waals surface area contributed by atoms with Crippen molar-refractivity contribution in [2.45, 2.75) is 12.5 Å². The summed E-state index contributed by atoms with van der Waals surface area (Å²) in [4.78, 5) is 11.4. The second kappa shape index (κ2) is 5.05. The Bertz CT molecular complexity index is 416. The summed E-state index contributed by atoms with van der Waals surface area (Å²) in [5.41, 5.74) is 7.65. The van der Waals surface area contributed by atoms with Crippen LogP contribution in [-0.4, -0.2) is 32.3 Å². The van der Waals surface area contributed by atoms with Crippen molar-refractivity contribution in [1.82, 2.24) is 0 Å². The summed E-state index contributed by atoms with van der Waals surface area (Å²) in [7, 11) is 1.36. The number of methoxy groups -OCH3 is 1. The summed E-state index contributed by atoms with van der Waals surface area (Å²) in [5.74, 6) is -0.368. The lowest BCUT2D eigenvalue weighted by molar-refractivity contribution is -0.0410. The van der Waals surface area contributed by atoms with Crippen LogP contribution in [0.3, 0.4) is 0 Å². The first kappa shape index (κ1) is 11.7. The molecule has 0 bridgehead atoms. The minimum Gasteiger partial charge on any atom is -0.465 e. The Kier molecular flexibility index (Phi) is 3.49. The molecule has 1 saturated heterocycles. The molecule has 5 nitrogen and oxygen atoms in total. The predicted molar refractivity (Wildman–Crippen MR) is 65.0 cm³/mol. The molecular formula is C12H16N2O3. The molecule has 1 heterocycles. The molecule has 0 amide bonds. The molecule has 0 saturated carbocycles. The first-order valence-electron chi connectivity index (χ1n) is 5.54. The third-order valence-corrected chi connectivity index (χ3v) is 2.79. The first-order chi connectivity index (χ1) is 8.20. The fourth-order valence-corrected chi connectivity index (χ4v) is 1.62. The highest BCUT2D eigenvalue weighted by Crippen LogP contribution is 2.21. The maximum atomic E-state index is 11.4. The molecule has 1 unspecified atom stereocenters. The molecule has 1 aliphatic heterocycles. The molecule has 0 aliphatic carbocycles. The number of nitrogens with two attached hydrogens (primary N) is 1. The molecule has 1 aliphatic rings. The maximum Gasteiger partial charge on any atom is 0.337 e. The van der Waals surface area contributed by atoms with Crippen molar-refractivity contribution in [2.24, 2.45) is 0 Å². The number of benzene rings is 1. The van der Waals surface area contributed by atoms with Gasteiger partial charge in [0.1, 0.15) is 0 Å². The van der Waals surface area contributed by atoms with Gasteiger partial charge in [-0.3, -0.25) is 0 Å². The number of nitrogens with one attached hydrogen (secondary N) is 1. The van der Waals surface area contributed by atoms with Gasteiger partial charge < -0.3 is 20.5 Å². The summed E-state index contributed by atoms with van der Waals surface area (Å²) in [6, 6.07) is 5.03. The van der Waals surface area contributed by atoms with Crippen LogP contribution in [0.25, 0.3) is 0 Å². The van der Waals surface area contributed by atoms with Crippen molar-refractivity contribution >= 4 is 17.3 Å². The molecule has 0 radical (unpaired) electrons. The highest BCUT2D eigenvalue weighted by atomic mass is 16.5. The Labute approximate surface area is 99.9 Å². The van der Waals surface area contributed by atoms with Crippen molar-refractivity contribution < 1.29 is 14.3 Å². The molecule has 2 rings (SSSR count). The van der Waals surface area contributed by atoms with E-state index in [1.807, 2.05) is 0 Å². The van der Waals surface area contributed by atoms with Crippen LogP contribution in [-0.2, 0) is 9.47 Å². The third-order valence-electron chi connectivity index (χ3n) is 2.79. The molecule has 0 aromatic heterocycles. The summed E-state index contributed by atoms with van der Waals surface area (Å²) < 4.78 is 9.95. The van der Waals surface area contributed by atoms with Gasteiger partial charge in [0.2, 0.25) is 0 Å². The Morgan fingerprint density at radius 1 is 1.65 bits per heavy atom. The molecule has 1 aromatic carbocycles. The molecule has 1 aromatic rings. The lowest BCUT2D eigenvalue weighted by Gasteiger charge is -2.27. The fraction of sp³-hybridized carbons (Fsp3) is 0.417. The van der Waals surface area contributed by atoms with Gasteiger partial charge in [0, 0.05) is 13.2 Å². The highest BCUT2D eigenvalue weighted by Gasteiger charge is 2.18. The third kappa shape index (κ3) is 2.68. The van der Waals surface area contributed by atoms with Gasteiger partial charge in [0.25, 0.3) is 0 Å². The minimum atomic E-state index is -0.368. The van der Waals surface area contributed by atoms with E-state index in [2.05, 4.69) is 10.1 Å². The number of anilines is 2. The predicted octanol–water partition coefficient (Wildman–Crippen LogP) is 1.26. The quantitative estimate of drug-likeness (QED) is 0.608. The normalized spacial score (nSPS) is 18.3. The lowest BCUT2D eigenvalue weighted by atomic mass is 10.1. The lowest BCUT2D eigenvalue weighted by Crippen LogP contribution is -2.33. The maximum absolute atomic E-state index is 11.4. The van der Waals surface area contributed by atoms with E-state index in [1.165, 1.54) is 7.11 Å². The second-order valence-corrected chi connectivity index (χ2v) is 3.96. The van der Waals surface area contributed by atoms with E-state index in [4.69, 9.17) is 10.5 Å². The van der Waals surface area contributed by atoms with Crippen molar-refractivity contribution in [3.05, 3.63) is 23.8 Å². The van der Waals surface area contributed by atoms with Gasteiger partial charge in [-0.05, 0) is 24.6 Å². The van der Waals surface area contributed by atoms with Gasteiger partial charge >= 0.3 is 5.97 Å². The van der Waals surface area contributed by atoms with Gasteiger partial charge in [0.15, 0.2) is 0 Å². The van der Waals surface area contributed by atoms with E-state index in [0.29, 0.717) is 17.8 Å². The smallest absolute Gasteiger partial charge is 0.337 e. The summed E-state index contributed by atoms with van der Waals surface area (Å²) in [6.07, 6.45) is 1.31. The van der Waals surface area contributed by atoms with E-state index >= 15 is 0 Å². The zero-order valence-corrected chi connectivity index (χ0v) is 9.73. The van der Waals surface area contributed by atoms with Crippen LogP contribution in [0.4, 0.5) is 11.4 Å². The number of carbonyl (C=O) groups excluding carboxylic acids is 1. The van der Waals surface area contributed by atoms with E-state index in [9.17, 15) is 4.79 Å². The number of rotatable bonds is 4. The van der Waals surface area contributed by atoms with Gasteiger partial charge in [-0.2, -0.15) is 0 Å². The van der Waals surface area contributed by atoms with Crippen LogP contribution in [0.5, 0.6) is 0 Å². The Morgan fingerprint density at radius 2 is 2.41 bits per heavy atom.